The predicted molar refractivity (Wildman–Crippen MR) is 216 cm³/mol. The fourth-order valence-electron chi connectivity index (χ4n) is 5.13. The minimum absolute atomic E-state index is 0.00860. The zero-order chi connectivity index (χ0) is 43.0. The van der Waals surface area contributed by atoms with Crippen molar-refractivity contribution in [2.24, 2.45) is 65.8 Å². The number of amides is 5. The molecule has 0 saturated heterocycles. The van der Waals surface area contributed by atoms with Crippen LogP contribution in [0, 0.1) is 0 Å². The normalized spacial score (nSPS) is 13.2. The number of nitrogens with one attached hydrogen (secondary N) is 3. The molecule has 0 heterocycles. The Hall–Kier alpha value is -5.75. The number of nitrogens with zero attached hydrogens (tertiary/aromatic N) is 6. The van der Waals surface area contributed by atoms with Crippen LogP contribution in [0.1, 0.15) is 58.3 Å². The fraction of sp³-hybridized carbons (Fsp3) is 0.677. The molecule has 0 aromatic carbocycles. The number of aliphatic imine (C=N–C) groups is 4. The first-order valence-electron chi connectivity index (χ1n) is 17.7. The summed E-state index contributed by atoms with van der Waals surface area (Å²) >= 11 is 3.98. The number of rotatable bonds is 27. The van der Waals surface area contributed by atoms with Crippen LogP contribution in [0.25, 0.3) is 0 Å². The van der Waals surface area contributed by atoms with Gasteiger partial charge in [-0.1, -0.05) is 0 Å². The minimum Gasteiger partial charge on any atom is -0.480 e. The molecule has 0 radical (unpaired) electrons. The number of hydrogen-bond donors (Lipinski definition) is 13. The summed E-state index contributed by atoms with van der Waals surface area (Å²) in [5, 5.41) is 17.2. The van der Waals surface area contributed by atoms with Crippen molar-refractivity contribution in [3.63, 3.8) is 0 Å². The van der Waals surface area contributed by atoms with E-state index in [0.717, 1.165) is 4.90 Å². The maximum Gasteiger partial charge on any atom is 0.327 e. The average Bonchev–Trinajstić information content (AvgIpc) is 3.11. The first kappa shape index (κ1) is 50.2. The van der Waals surface area contributed by atoms with Gasteiger partial charge in [0, 0.05) is 53.0 Å². The summed E-state index contributed by atoms with van der Waals surface area (Å²) in [6, 6.07) is -6.20. The number of carbonyl (C=O) groups is 6. The number of nitrogens with two attached hydrogens (primary N) is 8. The third-order valence-corrected chi connectivity index (χ3v) is 8.55. The summed E-state index contributed by atoms with van der Waals surface area (Å²) in [5.74, 6) is -5.70. The van der Waals surface area contributed by atoms with Gasteiger partial charge in [-0.2, -0.15) is 12.6 Å². The Labute approximate surface area is 331 Å². The number of carboxylic acid groups (broad SMARTS) is 1. The lowest BCUT2D eigenvalue weighted by Gasteiger charge is -2.33. The number of thiol groups is 1. The van der Waals surface area contributed by atoms with E-state index >= 15 is 0 Å². The largest absolute Gasteiger partial charge is 0.480 e. The molecule has 318 valence electrons. The standard InChI is InChI=1S/C31H61N17O7S/c1-17(49)47(2)21(10-6-14-42-30(36)37)24(51)45-19(9-5-13-41-29(34)35)26(53)48(3)22(11-7-15-43-31(38)39)25(52)44-18(8-4-12-40-28(32)33)23(50)46-20(16-56)27(54)55/h18-22,56H,4-16H2,1-3H3,(H,44,52)(H,45,51)(H,46,50)(H,54,55)(H4,32,33,40)(H4,34,35,41)(H4,36,37,42)(H4,38,39,43)/t18-,19-,20+,21-,22-/m0/s1. The van der Waals surface area contributed by atoms with Crippen molar-refractivity contribution < 1.29 is 33.9 Å². The minimum atomic E-state index is -1.37. The molecule has 25 heteroatoms. The summed E-state index contributed by atoms with van der Waals surface area (Å²) < 4.78 is 0. The Bertz CT molecular complexity index is 1430. The van der Waals surface area contributed by atoms with Crippen molar-refractivity contribution in [1.82, 2.24) is 25.8 Å². The van der Waals surface area contributed by atoms with Crippen molar-refractivity contribution >= 4 is 72.0 Å². The van der Waals surface area contributed by atoms with Crippen molar-refractivity contribution in [1.29, 1.82) is 0 Å². The summed E-state index contributed by atoms with van der Waals surface area (Å²) in [5.41, 5.74) is 43.5. The van der Waals surface area contributed by atoms with E-state index in [4.69, 9.17) is 45.9 Å². The van der Waals surface area contributed by atoms with Crippen LogP contribution in [0.3, 0.4) is 0 Å². The maximum atomic E-state index is 14.3. The lowest BCUT2D eigenvalue weighted by Crippen LogP contribution is -2.59. The first-order valence-corrected chi connectivity index (χ1v) is 18.3. The second-order valence-corrected chi connectivity index (χ2v) is 13.0. The summed E-state index contributed by atoms with van der Waals surface area (Å²) in [6.07, 6.45) is 1.03. The van der Waals surface area contributed by atoms with Crippen LogP contribution in [0.2, 0.25) is 0 Å². The highest BCUT2D eigenvalue weighted by Gasteiger charge is 2.36. The summed E-state index contributed by atoms with van der Waals surface area (Å²) in [4.78, 5) is 97.3. The highest BCUT2D eigenvalue weighted by atomic mass is 32.1. The summed E-state index contributed by atoms with van der Waals surface area (Å²) in [7, 11) is 2.77. The second kappa shape index (κ2) is 26.9. The predicted octanol–water partition coefficient (Wildman–Crippen LogP) is -5.66. The molecule has 0 fully saturated rings. The van der Waals surface area contributed by atoms with Gasteiger partial charge in [-0.15, -0.1) is 0 Å². The van der Waals surface area contributed by atoms with Crippen molar-refractivity contribution in [2.75, 3.05) is 46.0 Å². The van der Waals surface area contributed by atoms with Crippen LogP contribution in [-0.4, -0.2) is 150 Å². The van der Waals surface area contributed by atoms with Gasteiger partial charge >= 0.3 is 5.97 Å². The van der Waals surface area contributed by atoms with Crippen LogP contribution in [0.5, 0.6) is 0 Å². The van der Waals surface area contributed by atoms with Crippen LogP contribution in [-0.2, 0) is 28.8 Å². The molecule has 24 nitrogen and oxygen atoms in total. The smallest absolute Gasteiger partial charge is 0.327 e. The molecule has 0 bridgehead atoms. The number of aliphatic carboxylic acids is 1. The molecule has 0 aromatic heterocycles. The van der Waals surface area contributed by atoms with Crippen LogP contribution < -0.4 is 61.8 Å². The first-order chi connectivity index (χ1) is 26.2. The number of guanidine groups is 4. The Balaban J connectivity index is 6.74. The number of hydrogen-bond acceptors (Lipinski definition) is 11. The topological polar surface area (TPSA) is 423 Å². The Morgan fingerprint density at radius 2 is 0.893 bits per heavy atom. The van der Waals surface area contributed by atoms with E-state index < -0.39 is 65.7 Å². The zero-order valence-corrected chi connectivity index (χ0v) is 33.1. The molecule has 20 N–H and O–H groups in total. The van der Waals surface area contributed by atoms with Crippen molar-refractivity contribution in [2.45, 2.75) is 88.5 Å². The van der Waals surface area contributed by atoms with Crippen LogP contribution >= 0.6 is 12.6 Å². The average molecular weight is 816 g/mol. The molecular formula is C31H61N17O7S. The number of carboxylic acids is 1. The highest BCUT2D eigenvalue weighted by Crippen LogP contribution is 2.14. The van der Waals surface area contributed by atoms with Gasteiger partial charge in [-0.05, 0) is 51.4 Å². The quantitative estimate of drug-likeness (QED) is 0.0159. The molecule has 0 saturated carbocycles. The molecule has 0 aliphatic heterocycles. The lowest BCUT2D eigenvalue weighted by atomic mass is 10.0. The molecule has 5 atom stereocenters. The molecule has 0 spiro atoms. The Kier molecular flexibility index (Phi) is 24.2. The number of likely N-dealkylation sites (N-methyl/N-ethyl adjacent to an activating group) is 2. The van der Waals surface area contributed by atoms with Crippen LogP contribution in [0.4, 0.5) is 0 Å². The van der Waals surface area contributed by atoms with Gasteiger partial charge in [0.1, 0.15) is 30.2 Å². The SMILES string of the molecule is CC(=O)N(C)[C@@H](CCCN=C(N)N)C(=O)N[C@@H](CCCN=C(N)N)C(=O)N(C)[C@@H](CCCN=C(N)N)C(=O)N[C@@H](CCCN=C(N)N)C(=O)N[C@H](CS)C(=O)O. The lowest BCUT2D eigenvalue weighted by molar-refractivity contribution is -0.144. The van der Waals surface area contributed by atoms with E-state index in [1.54, 1.807) is 0 Å². The third-order valence-electron chi connectivity index (χ3n) is 8.18. The molecule has 0 rings (SSSR count). The highest BCUT2D eigenvalue weighted by molar-refractivity contribution is 7.80. The van der Waals surface area contributed by atoms with Gasteiger partial charge in [0.05, 0.1) is 0 Å². The molecule has 0 aliphatic rings. The molecule has 56 heavy (non-hydrogen) atoms. The summed E-state index contributed by atoms with van der Waals surface area (Å²) in [6.45, 7) is 1.73. The molecular weight excluding hydrogens is 755 g/mol. The van der Waals surface area contributed by atoms with E-state index in [1.165, 1.54) is 25.9 Å². The van der Waals surface area contributed by atoms with E-state index in [-0.39, 0.29) is 101 Å². The van der Waals surface area contributed by atoms with Gasteiger partial charge in [0.25, 0.3) is 0 Å². The molecule has 0 aliphatic carbocycles. The second-order valence-electron chi connectivity index (χ2n) is 12.6. The van der Waals surface area contributed by atoms with E-state index in [1.807, 2.05) is 0 Å². The zero-order valence-electron chi connectivity index (χ0n) is 32.2. The van der Waals surface area contributed by atoms with Gasteiger partial charge in [0.2, 0.25) is 29.5 Å². The maximum absolute atomic E-state index is 14.3. The monoisotopic (exact) mass is 815 g/mol. The van der Waals surface area contributed by atoms with Crippen molar-refractivity contribution in [3.8, 4) is 0 Å². The van der Waals surface area contributed by atoms with Gasteiger partial charge < -0.3 is 76.7 Å². The van der Waals surface area contributed by atoms with E-state index in [2.05, 4.69) is 48.5 Å². The Morgan fingerprint density at radius 3 is 1.25 bits per heavy atom. The molecule has 0 aromatic rings. The van der Waals surface area contributed by atoms with Crippen LogP contribution in [0.15, 0.2) is 20.0 Å². The molecule has 0 unspecified atom stereocenters. The molecule has 5 amide bonds. The fourth-order valence-corrected chi connectivity index (χ4v) is 5.38. The van der Waals surface area contributed by atoms with Gasteiger partial charge in [-0.25, -0.2) is 4.79 Å². The van der Waals surface area contributed by atoms with E-state index in [9.17, 15) is 33.9 Å². The van der Waals surface area contributed by atoms with Crippen molar-refractivity contribution in [3.05, 3.63) is 0 Å². The van der Waals surface area contributed by atoms with Gasteiger partial charge in [-0.3, -0.25) is 43.9 Å². The van der Waals surface area contributed by atoms with E-state index in [0.29, 0.717) is 6.42 Å². The number of carbonyl (C=O) groups excluding carboxylic acids is 5. The van der Waals surface area contributed by atoms with Gasteiger partial charge in [0.15, 0.2) is 23.8 Å². The third kappa shape index (κ3) is 20.6. The Morgan fingerprint density at radius 1 is 0.554 bits per heavy atom.